The van der Waals surface area contributed by atoms with E-state index >= 15 is 0 Å². The molecule has 54 heavy (non-hydrogen) atoms. The first-order chi connectivity index (χ1) is 26.8. The summed E-state index contributed by atoms with van der Waals surface area (Å²) < 4.78 is 2.64. The first kappa shape index (κ1) is 32.0. The zero-order valence-electron chi connectivity index (χ0n) is 29.6. The standard InChI is InChI=1S/C52H35NS/c1-2-12-36(13-3-1)38-22-25-40(26-23-38)45-16-6-9-19-49(45)53(50-20-10-7-17-46(50)43-27-24-37-14-4-5-15-41(37)34-43)44-31-28-39(29-32-44)42-30-33-48-47-18-8-11-21-51(47)54-52(48)35-42/h1-35H. The van der Waals surface area contributed by atoms with Crippen LogP contribution in [0, 0.1) is 0 Å². The van der Waals surface area contributed by atoms with Crippen molar-refractivity contribution in [2.45, 2.75) is 0 Å². The number of hydrogen-bond acceptors (Lipinski definition) is 2. The smallest absolute Gasteiger partial charge is 0.0540 e. The van der Waals surface area contributed by atoms with Gasteiger partial charge in [0, 0.05) is 37.0 Å². The summed E-state index contributed by atoms with van der Waals surface area (Å²) in [5, 5.41) is 5.12. The van der Waals surface area contributed by atoms with Gasteiger partial charge in [0.05, 0.1) is 11.4 Å². The largest absolute Gasteiger partial charge is 0.309 e. The van der Waals surface area contributed by atoms with E-state index in [1.807, 2.05) is 11.3 Å². The molecule has 0 spiro atoms. The molecular formula is C52H35NS. The SMILES string of the molecule is c1ccc(-c2ccc(-c3ccccc3N(c3ccc(-c4ccc5c(c4)sc4ccccc45)cc3)c3ccccc3-c3ccc4ccccc4c3)cc2)cc1. The minimum Gasteiger partial charge on any atom is -0.309 e. The van der Waals surface area contributed by atoms with Crippen molar-refractivity contribution < 1.29 is 0 Å². The van der Waals surface area contributed by atoms with Crippen molar-refractivity contribution in [2.24, 2.45) is 0 Å². The van der Waals surface area contributed by atoms with Crippen molar-refractivity contribution in [2.75, 3.05) is 4.90 Å². The van der Waals surface area contributed by atoms with Gasteiger partial charge < -0.3 is 4.90 Å². The molecule has 0 N–H and O–H groups in total. The summed E-state index contributed by atoms with van der Waals surface area (Å²) in [6.07, 6.45) is 0. The van der Waals surface area contributed by atoms with Crippen molar-refractivity contribution in [1.29, 1.82) is 0 Å². The molecule has 0 aliphatic heterocycles. The van der Waals surface area contributed by atoms with Crippen LogP contribution in [0.1, 0.15) is 0 Å². The molecule has 0 saturated carbocycles. The molecule has 0 atom stereocenters. The number of fused-ring (bicyclic) bond motifs is 4. The second-order valence-corrected chi connectivity index (χ2v) is 14.8. The summed E-state index contributed by atoms with van der Waals surface area (Å²) in [6.45, 7) is 0. The second-order valence-electron chi connectivity index (χ2n) is 13.7. The number of nitrogens with zero attached hydrogens (tertiary/aromatic N) is 1. The van der Waals surface area contributed by atoms with Gasteiger partial charge in [-0.2, -0.15) is 0 Å². The van der Waals surface area contributed by atoms with Gasteiger partial charge in [-0.25, -0.2) is 0 Å². The van der Waals surface area contributed by atoms with Crippen molar-refractivity contribution in [1.82, 2.24) is 0 Å². The fraction of sp³-hybridized carbons (Fsp3) is 0. The summed E-state index contributed by atoms with van der Waals surface area (Å²) in [6, 6.07) is 77.2. The van der Waals surface area contributed by atoms with E-state index in [2.05, 4.69) is 217 Å². The zero-order chi connectivity index (χ0) is 35.8. The molecule has 10 aromatic rings. The highest BCUT2D eigenvalue weighted by Crippen LogP contribution is 2.46. The number of anilines is 3. The highest BCUT2D eigenvalue weighted by Gasteiger charge is 2.21. The first-order valence-corrected chi connectivity index (χ1v) is 19.2. The molecule has 0 unspecified atom stereocenters. The van der Waals surface area contributed by atoms with Gasteiger partial charge in [-0.1, -0.05) is 170 Å². The quantitative estimate of drug-likeness (QED) is 0.160. The highest BCUT2D eigenvalue weighted by molar-refractivity contribution is 7.25. The predicted octanol–water partition coefficient (Wildman–Crippen LogP) is 15.3. The molecule has 2 heteroatoms. The number of benzene rings is 9. The van der Waals surface area contributed by atoms with Gasteiger partial charge in [0.15, 0.2) is 0 Å². The highest BCUT2D eigenvalue weighted by atomic mass is 32.1. The van der Waals surface area contributed by atoms with E-state index in [4.69, 9.17) is 0 Å². The molecule has 0 aliphatic rings. The van der Waals surface area contributed by atoms with Crippen LogP contribution in [0.15, 0.2) is 212 Å². The number of thiophene rings is 1. The van der Waals surface area contributed by atoms with E-state index in [1.54, 1.807) is 0 Å². The van der Waals surface area contributed by atoms with Crippen molar-refractivity contribution >= 4 is 59.3 Å². The first-order valence-electron chi connectivity index (χ1n) is 18.4. The summed E-state index contributed by atoms with van der Waals surface area (Å²) >= 11 is 1.86. The van der Waals surface area contributed by atoms with Gasteiger partial charge in [0.2, 0.25) is 0 Å². The molecule has 0 aliphatic carbocycles. The monoisotopic (exact) mass is 705 g/mol. The lowest BCUT2D eigenvalue weighted by Crippen LogP contribution is -2.12. The molecule has 10 rings (SSSR count). The van der Waals surface area contributed by atoms with Crippen LogP contribution >= 0.6 is 11.3 Å². The Labute approximate surface area is 319 Å². The Morgan fingerprint density at radius 2 is 0.815 bits per heavy atom. The lowest BCUT2D eigenvalue weighted by molar-refractivity contribution is 1.28. The third kappa shape index (κ3) is 5.84. The van der Waals surface area contributed by atoms with Crippen LogP contribution in [-0.2, 0) is 0 Å². The molecule has 254 valence electrons. The molecule has 0 fully saturated rings. The Kier molecular flexibility index (Phi) is 8.09. The van der Waals surface area contributed by atoms with E-state index < -0.39 is 0 Å². The Morgan fingerprint density at radius 3 is 1.59 bits per heavy atom. The van der Waals surface area contributed by atoms with Crippen molar-refractivity contribution in [3.63, 3.8) is 0 Å². The van der Waals surface area contributed by atoms with E-state index in [0.717, 1.165) is 17.1 Å². The molecule has 9 aromatic carbocycles. The molecule has 0 bridgehead atoms. The van der Waals surface area contributed by atoms with Gasteiger partial charge in [-0.15, -0.1) is 11.3 Å². The molecule has 0 amide bonds. The Bertz CT molecular complexity index is 2920. The van der Waals surface area contributed by atoms with Crippen molar-refractivity contribution in [3.8, 4) is 44.5 Å². The average molecular weight is 706 g/mol. The molecule has 1 aromatic heterocycles. The molecule has 0 saturated heterocycles. The van der Waals surface area contributed by atoms with E-state index in [-0.39, 0.29) is 0 Å². The Morgan fingerprint density at radius 1 is 0.296 bits per heavy atom. The number of rotatable bonds is 7. The maximum absolute atomic E-state index is 2.43. The molecule has 0 radical (unpaired) electrons. The van der Waals surface area contributed by atoms with E-state index in [0.29, 0.717) is 0 Å². The second kappa shape index (κ2) is 13.7. The van der Waals surface area contributed by atoms with Crippen LogP contribution in [-0.4, -0.2) is 0 Å². The van der Waals surface area contributed by atoms with Gasteiger partial charge in [0.1, 0.15) is 0 Å². The Hall–Kier alpha value is -6.74. The fourth-order valence-electron chi connectivity index (χ4n) is 7.77. The van der Waals surface area contributed by atoms with Gasteiger partial charge >= 0.3 is 0 Å². The molecule has 1 nitrogen and oxygen atoms in total. The third-order valence-electron chi connectivity index (χ3n) is 10.5. The lowest BCUT2D eigenvalue weighted by Gasteiger charge is -2.30. The number of hydrogen-bond donors (Lipinski definition) is 0. The topological polar surface area (TPSA) is 3.24 Å². The van der Waals surface area contributed by atoms with Crippen LogP contribution < -0.4 is 4.90 Å². The summed E-state index contributed by atoms with van der Waals surface area (Å²) in [5.74, 6) is 0. The van der Waals surface area contributed by atoms with Gasteiger partial charge in [-0.3, -0.25) is 0 Å². The van der Waals surface area contributed by atoms with Crippen LogP contribution in [0.5, 0.6) is 0 Å². The van der Waals surface area contributed by atoms with Crippen LogP contribution in [0.25, 0.3) is 75.5 Å². The van der Waals surface area contributed by atoms with E-state index in [1.165, 1.54) is 75.5 Å². The lowest BCUT2D eigenvalue weighted by atomic mass is 9.96. The number of para-hydroxylation sites is 2. The van der Waals surface area contributed by atoms with Crippen LogP contribution in [0.3, 0.4) is 0 Å². The molecule has 1 heterocycles. The normalized spacial score (nSPS) is 11.3. The predicted molar refractivity (Wildman–Crippen MR) is 233 cm³/mol. The third-order valence-corrected chi connectivity index (χ3v) is 11.6. The Balaban J connectivity index is 1.11. The zero-order valence-corrected chi connectivity index (χ0v) is 30.4. The minimum absolute atomic E-state index is 1.10. The average Bonchev–Trinajstić information content (AvgIpc) is 3.63. The maximum atomic E-state index is 2.43. The van der Waals surface area contributed by atoms with Crippen molar-refractivity contribution in [3.05, 3.63) is 212 Å². The van der Waals surface area contributed by atoms with Crippen LogP contribution in [0.4, 0.5) is 17.1 Å². The summed E-state index contributed by atoms with van der Waals surface area (Å²) in [4.78, 5) is 2.43. The van der Waals surface area contributed by atoms with Gasteiger partial charge in [0.25, 0.3) is 0 Å². The fourth-order valence-corrected chi connectivity index (χ4v) is 8.92. The summed E-state index contributed by atoms with van der Waals surface area (Å²) in [5.41, 5.74) is 12.9. The minimum atomic E-state index is 1.10. The summed E-state index contributed by atoms with van der Waals surface area (Å²) in [7, 11) is 0. The van der Waals surface area contributed by atoms with Crippen LogP contribution in [0.2, 0.25) is 0 Å². The van der Waals surface area contributed by atoms with E-state index in [9.17, 15) is 0 Å². The molecular weight excluding hydrogens is 671 g/mol. The van der Waals surface area contributed by atoms with Gasteiger partial charge in [-0.05, 0) is 86.6 Å². The maximum Gasteiger partial charge on any atom is 0.0540 e.